The van der Waals surface area contributed by atoms with Gasteiger partial charge in [0.25, 0.3) is 0 Å². The molecule has 2 aromatic carbocycles. The average molecular weight is 421 g/mol. The third-order valence-corrected chi connectivity index (χ3v) is 7.16. The van der Waals surface area contributed by atoms with E-state index in [4.69, 9.17) is 16.0 Å². The van der Waals surface area contributed by atoms with Crippen molar-refractivity contribution in [1.29, 1.82) is 0 Å². The summed E-state index contributed by atoms with van der Waals surface area (Å²) in [6.07, 6.45) is 8.69. The van der Waals surface area contributed by atoms with Crippen LogP contribution < -0.4 is 11.5 Å². The molecule has 0 heterocycles. The van der Waals surface area contributed by atoms with Crippen molar-refractivity contribution >= 4 is 31.9 Å². The van der Waals surface area contributed by atoms with Crippen LogP contribution in [-0.4, -0.2) is 18.2 Å². The van der Waals surface area contributed by atoms with E-state index in [1.165, 1.54) is 0 Å². The Bertz CT molecular complexity index is 720. The highest BCUT2D eigenvalue weighted by Crippen LogP contribution is 2.55. The summed E-state index contributed by atoms with van der Waals surface area (Å²) in [5.74, 6) is -1.25. The highest BCUT2D eigenvalue weighted by molar-refractivity contribution is 7.60. The average Bonchev–Trinajstić information content (AvgIpc) is 2.69. The lowest BCUT2D eigenvalue weighted by Crippen LogP contribution is -2.32. The summed E-state index contributed by atoms with van der Waals surface area (Å²) in [6.45, 7) is 2.13. The van der Waals surface area contributed by atoms with Crippen LogP contribution in [0.4, 0.5) is 0 Å². The minimum absolute atomic E-state index is 0. The van der Waals surface area contributed by atoms with E-state index in [2.05, 4.69) is 0 Å². The normalized spacial score (nSPS) is 15.8. The summed E-state index contributed by atoms with van der Waals surface area (Å²) >= 11 is 0. The largest absolute Gasteiger partial charge is 0.327 e. The Balaban J connectivity index is 0.00000392. The van der Waals surface area contributed by atoms with Gasteiger partial charge in [0.05, 0.1) is 18.2 Å². The summed E-state index contributed by atoms with van der Waals surface area (Å²) < 4.78 is 19.0. The molecule has 2 atom stereocenters. The number of rotatable bonds is 10. The van der Waals surface area contributed by atoms with Gasteiger partial charge in [0.15, 0.2) is 0 Å². The van der Waals surface area contributed by atoms with E-state index in [-0.39, 0.29) is 12.4 Å². The van der Waals surface area contributed by atoms with Crippen molar-refractivity contribution in [3.8, 4) is 0 Å². The van der Waals surface area contributed by atoms with Crippen molar-refractivity contribution in [3.63, 3.8) is 0 Å². The highest BCUT2D eigenvalue weighted by atomic mass is 35.5. The van der Waals surface area contributed by atoms with Gasteiger partial charge < -0.3 is 16.0 Å². The third-order valence-electron chi connectivity index (χ3n) is 4.23. The lowest BCUT2D eigenvalue weighted by Gasteiger charge is -2.28. The van der Waals surface area contributed by atoms with Crippen LogP contribution in [-0.2, 0) is 9.09 Å². The Morgan fingerprint density at radius 2 is 1.25 bits per heavy atom. The van der Waals surface area contributed by atoms with Crippen LogP contribution >= 0.6 is 19.8 Å². The minimum atomic E-state index is -3.19. The summed E-state index contributed by atoms with van der Waals surface area (Å²) in [6, 6.07) is 19.8. The van der Waals surface area contributed by atoms with E-state index in [0.29, 0.717) is 19.4 Å². The first kappa shape index (κ1) is 24.4. The van der Waals surface area contributed by atoms with Gasteiger partial charge in [0.2, 0.25) is 7.37 Å². The highest BCUT2D eigenvalue weighted by Gasteiger charge is 2.36. The second-order valence-corrected chi connectivity index (χ2v) is 9.17. The van der Waals surface area contributed by atoms with Crippen LogP contribution in [0.25, 0.3) is 12.2 Å². The van der Waals surface area contributed by atoms with E-state index in [1.54, 1.807) is 0 Å². The van der Waals surface area contributed by atoms with Crippen molar-refractivity contribution in [3.05, 3.63) is 83.9 Å². The molecule has 6 heteroatoms. The SMILES string of the molecule is CCOP(=O)(C(N)C/C=C/c1ccccc1)C(N)C/C=C/c1ccccc1.Cl. The van der Waals surface area contributed by atoms with Gasteiger partial charge in [-0.2, -0.15) is 0 Å². The molecule has 0 saturated carbocycles. The summed E-state index contributed by atoms with van der Waals surface area (Å²) in [5.41, 5.74) is 14.6. The molecule has 0 saturated heterocycles. The lowest BCUT2D eigenvalue weighted by molar-refractivity contribution is 0.317. The molecular weight excluding hydrogens is 391 g/mol. The molecule has 152 valence electrons. The fourth-order valence-electron chi connectivity index (χ4n) is 2.75. The second kappa shape index (κ2) is 12.7. The quantitative estimate of drug-likeness (QED) is 0.497. The molecular formula is C22H30ClN2O2P. The monoisotopic (exact) mass is 420 g/mol. The van der Waals surface area contributed by atoms with Crippen LogP contribution in [0.2, 0.25) is 0 Å². The predicted octanol–water partition coefficient (Wildman–Crippen LogP) is 5.50. The number of nitrogens with two attached hydrogens (primary N) is 2. The summed E-state index contributed by atoms with van der Waals surface area (Å²) in [7, 11) is -3.19. The van der Waals surface area contributed by atoms with Crippen molar-refractivity contribution in [2.75, 3.05) is 6.61 Å². The lowest BCUT2D eigenvalue weighted by atomic mass is 10.2. The van der Waals surface area contributed by atoms with Crippen molar-refractivity contribution in [1.82, 2.24) is 0 Å². The number of halogens is 1. The predicted molar refractivity (Wildman–Crippen MR) is 123 cm³/mol. The maximum atomic E-state index is 13.4. The van der Waals surface area contributed by atoms with Gasteiger partial charge >= 0.3 is 0 Å². The first-order chi connectivity index (χ1) is 13.1. The molecule has 4 N–H and O–H groups in total. The van der Waals surface area contributed by atoms with Crippen molar-refractivity contribution in [2.45, 2.75) is 31.3 Å². The fourth-order valence-corrected chi connectivity index (χ4v) is 4.86. The zero-order valence-electron chi connectivity index (χ0n) is 16.2. The maximum Gasteiger partial charge on any atom is 0.236 e. The van der Waals surface area contributed by atoms with Crippen molar-refractivity contribution in [2.24, 2.45) is 11.5 Å². The Morgan fingerprint density at radius 3 is 1.61 bits per heavy atom. The molecule has 2 unspecified atom stereocenters. The van der Waals surface area contributed by atoms with Gasteiger partial charge in [-0.1, -0.05) is 85.0 Å². The Labute approximate surface area is 174 Å². The second-order valence-electron chi connectivity index (χ2n) is 6.30. The molecule has 4 nitrogen and oxygen atoms in total. The van der Waals surface area contributed by atoms with Crippen LogP contribution in [0.5, 0.6) is 0 Å². The molecule has 0 fully saturated rings. The Morgan fingerprint density at radius 1 is 0.857 bits per heavy atom. The molecule has 0 amide bonds. The maximum absolute atomic E-state index is 13.4. The van der Waals surface area contributed by atoms with E-state index in [9.17, 15) is 4.57 Å². The molecule has 0 bridgehead atoms. The van der Waals surface area contributed by atoms with Gasteiger partial charge in [-0.3, -0.25) is 4.57 Å². The first-order valence-corrected chi connectivity index (χ1v) is 11.0. The molecule has 0 aliphatic carbocycles. The van der Waals surface area contributed by atoms with Crippen LogP contribution in [0.3, 0.4) is 0 Å². The summed E-state index contributed by atoms with van der Waals surface area (Å²) in [4.78, 5) is 0. The topological polar surface area (TPSA) is 78.3 Å². The molecule has 0 aliphatic heterocycles. The summed E-state index contributed by atoms with van der Waals surface area (Å²) in [5, 5.41) is 0. The minimum Gasteiger partial charge on any atom is -0.327 e. The third kappa shape index (κ3) is 7.38. The molecule has 0 aliphatic rings. The van der Waals surface area contributed by atoms with Crippen molar-refractivity contribution < 1.29 is 9.09 Å². The molecule has 2 aromatic rings. The Hall–Kier alpha value is -1.68. The molecule has 0 aromatic heterocycles. The molecule has 0 spiro atoms. The standard InChI is InChI=1S/C22H29N2O2P.ClH/c1-2-26-27(25,21(23)17-9-15-19-11-5-3-6-12-19)22(24)18-10-16-20-13-7-4-8-14-20;/h3-16,21-22H,2,17-18,23-24H2,1H3;1H/b15-9+,16-10+;. The van der Waals surface area contributed by atoms with Gasteiger partial charge in [-0.05, 0) is 30.9 Å². The van der Waals surface area contributed by atoms with Crippen LogP contribution in [0.15, 0.2) is 72.8 Å². The number of hydrogen-bond acceptors (Lipinski definition) is 4. The van der Waals surface area contributed by atoms with E-state index >= 15 is 0 Å². The molecule has 28 heavy (non-hydrogen) atoms. The number of benzene rings is 2. The van der Waals surface area contributed by atoms with E-state index in [1.807, 2.05) is 91.9 Å². The van der Waals surface area contributed by atoms with E-state index < -0.39 is 18.9 Å². The van der Waals surface area contributed by atoms with Crippen LogP contribution in [0, 0.1) is 0 Å². The van der Waals surface area contributed by atoms with E-state index in [0.717, 1.165) is 11.1 Å². The van der Waals surface area contributed by atoms with Gasteiger partial charge in [-0.15, -0.1) is 12.4 Å². The fraction of sp³-hybridized carbons (Fsp3) is 0.273. The first-order valence-electron chi connectivity index (χ1n) is 9.24. The van der Waals surface area contributed by atoms with Gasteiger partial charge in [0.1, 0.15) is 0 Å². The Kier molecular flexibility index (Phi) is 11.1. The number of hydrogen-bond donors (Lipinski definition) is 2. The van der Waals surface area contributed by atoms with Gasteiger partial charge in [-0.25, -0.2) is 0 Å². The smallest absolute Gasteiger partial charge is 0.236 e. The van der Waals surface area contributed by atoms with Gasteiger partial charge in [0, 0.05) is 0 Å². The molecule has 0 radical (unpaired) electrons. The van der Waals surface area contributed by atoms with Crippen LogP contribution in [0.1, 0.15) is 30.9 Å². The zero-order chi connectivity index (χ0) is 19.5. The zero-order valence-corrected chi connectivity index (χ0v) is 17.9. The molecule has 2 rings (SSSR count).